The molecule has 0 aliphatic carbocycles. The third-order valence-corrected chi connectivity index (χ3v) is 4.35. The maximum Gasteiger partial charge on any atom is 0.263 e. The Hall–Kier alpha value is -1.26. The van der Waals surface area contributed by atoms with Gasteiger partial charge in [-0.05, 0) is 44.2 Å². The summed E-state index contributed by atoms with van der Waals surface area (Å²) in [7, 11) is 0. The first-order valence-electron chi connectivity index (χ1n) is 7.45. The van der Waals surface area contributed by atoms with Crippen molar-refractivity contribution in [1.82, 2.24) is 9.80 Å². The number of piperazine rings is 1. The van der Waals surface area contributed by atoms with E-state index in [4.69, 9.17) is 16.3 Å². The van der Waals surface area contributed by atoms with Crippen molar-refractivity contribution in [3.05, 3.63) is 28.8 Å². The van der Waals surface area contributed by atoms with Crippen LogP contribution in [0, 0.1) is 6.92 Å². The highest BCUT2D eigenvalue weighted by Gasteiger charge is 2.25. The minimum atomic E-state index is -0.473. The molecule has 2 rings (SSSR count). The number of hydrogen-bond donors (Lipinski definition) is 0. The Balaban J connectivity index is 1.92. The summed E-state index contributed by atoms with van der Waals surface area (Å²) in [5.74, 6) is 0.739. The van der Waals surface area contributed by atoms with Gasteiger partial charge in [-0.1, -0.05) is 18.5 Å². The van der Waals surface area contributed by atoms with Crippen LogP contribution in [0.4, 0.5) is 0 Å². The average Bonchev–Trinajstić information content (AvgIpc) is 2.50. The Bertz CT molecular complexity index is 499. The van der Waals surface area contributed by atoms with E-state index in [0.29, 0.717) is 10.8 Å². The molecule has 21 heavy (non-hydrogen) atoms. The molecular weight excluding hydrogens is 288 g/mol. The quantitative estimate of drug-likeness (QED) is 0.857. The number of halogens is 1. The van der Waals surface area contributed by atoms with Gasteiger partial charge in [-0.3, -0.25) is 4.79 Å². The molecule has 0 saturated carbocycles. The summed E-state index contributed by atoms with van der Waals surface area (Å²) >= 11 is 5.99. The third kappa shape index (κ3) is 4.11. The van der Waals surface area contributed by atoms with Crippen LogP contribution in [0.25, 0.3) is 0 Å². The fourth-order valence-electron chi connectivity index (χ4n) is 2.49. The molecule has 0 radical (unpaired) electrons. The molecule has 0 aromatic heterocycles. The van der Waals surface area contributed by atoms with Crippen LogP contribution in [0.3, 0.4) is 0 Å². The number of likely N-dealkylation sites (N-methyl/N-ethyl adjacent to an activating group) is 1. The van der Waals surface area contributed by atoms with Crippen molar-refractivity contribution in [3.63, 3.8) is 0 Å². The zero-order valence-corrected chi connectivity index (χ0v) is 13.7. The van der Waals surface area contributed by atoms with Crippen molar-refractivity contribution in [2.75, 3.05) is 32.7 Å². The molecule has 1 saturated heterocycles. The molecule has 0 N–H and O–H groups in total. The molecule has 0 bridgehead atoms. The third-order valence-electron chi connectivity index (χ3n) is 3.92. The van der Waals surface area contributed by atoms with Crippen LogP contribution >= 0.6 is 11.6 Å². The normalized spacial score (nSPS) is 17.6. The maximum atomic E-state index is 12.4. The first-order chi connectivity index (χ1) is 10.0. The zero-order valence-electron chi connectivity index (χ0n) is 12.9. The Morgan fingerprint density at radius 1 is 1.33 bits per heavy atom. The molecule has 1 amide bonds. The number of amides is 1. The predicted octanol–water partition coefficient (Wildman–Crippen LogP) is 2.58. The minimum Gasteiger partial charge on any atom is -0.481 e. The van der Waals surface area contributed by atoms with Crippen molar-refractivity contribution >= 4 is 17.5 Å². The highest BCUT2D eigenvalue weighted by atomic mass is 35.5. The highest BCUT2D eigenvalue weighted by Crippen LogP contribution is 2.22. The SMILES string of the molecule is CCN1CCN(C(=O)[C@H](C)Oc2ccc(Cl)c(C)c2)CC1. The summed E-state index contributed by atoms with van der Waals surface area (Å²) in [6, 6.07) is 5.46. The molecule has 5 heteroatoms. The average molecular weight is 311 g/mol. The van der Waals surface area contributed by atoms with E-state index in [1.165, 1.54) is 0 Å². The molecule has 1 aliphatic heterocycles. The first kappa shape index (κ1) is 16.1. The van der Waals surface area contributed by atoms with Crippen molar-refractivity contribution in [3.8, 4) is 5.75 Å². The van der Waals surface area contributed by atoms with E-state index in [9.17, 15) is 4.79 Å². The smallest absolute Gasteiger partial charge is 0.263 e. The maximum absolute atomic E-state index is 12.4. The lowest BCUT2D eigenvalue weighted by Gasteiger charge is -2.35. The summed E-state index contributed by atoms with van der Waals surface area (Å²) < 4.78 is 5.75. The summed E-state index contributed by atoms with van der Waals surface area (Å²) in [4.78, 5) is 16.6. The van der Waals surface area contributed by atoms with Crippen LogP contribution in [0.2, 0.25) is 5.02 Å². The van der Waals surface area contributed by atoms with Crippen molar-refractivity contribution < 1.29 is 9.53 Å². The monoisotopic (exact) mass is 310 g/mol. The van der Waals surface area contributed by atoms with Crippen molar-refractivity contribution in [2.24, 2.45) is 0 Å². The molecule has 1 aromatic carbocycles. The van der Waals surface area contributed by atoms with Gasteiger partial charge in [0.05, 0.1) is 0 Å². The largest absolute Gasteiger partial charge is 0.481 e. The number of ether oxygens (including phenoxy) is 1. The summed E-state index contributed by atoms with van der Waals surface area (Å²) in [5, 5.41) is 0.706. The zero-order chi connectivity index (χ0) is 15.4. The van der Waals surface area contributed by atoms with Crippen LogP contribution in [0.5, 0.6) is 5.75 Å². The second kappa shape index (κ2) is 7.14. The van der Waals surface area contributed by atoms with Gasteiger partial charge in [0, 0.05) is 31.2 Å². The second-order valence-electron chi connectivity index (χ2n) is 5.43. The van der Waals surface area contributed by atoms with Crippen LogP contribution in [-0.2, 0) is 4.79 Å². The fourth-order valence-corrected chi connectivity index (χ4v) is 2.60. The van der Waals surface area contributed by atoms with E-state index >= 15 is 0 Å². The van der Waals surface area contributed by atoms with E-state index in [-0.39, 0.29) is 5.91 Å². The lowest BCUT2D eigenvalue weighted by atomic mass is 10.2. The van der Waals surface area contributed by atoms with Crippen molar-refractivity contribution in [1.29, 1.82) is 0 Å². The lowest BCUT2D eigenvalue weighted by Crippen LogP contribution is -2.51. The first-order valence-corrected chi connectivity index (χ1v) is 7.83. The second-order valence-corrected chi connectivity index (χ2v) is 5.84. The molecule has 0 unspecified atom stereocenters. The molecular formula is C16H23ClN2O2. The van der Waals surface area contributed by atoms with Crippen LogP contribution in [-0.4, -0.2) is 54.5 Å². The van der Waals surface area contributed by atoms with E-state index in [1.807, 2.05) is 17.9 Å². The minimum absolute atomic E-state index is 0.0540. The molecule has 1 aromatic rings. The van der Waals surface area contributed by atoms with Gasteiger partial charge in [-0.25, -0.2) is 0 Å². The molecule has 1 aliphatic rings. The molecule has 116 valence electrons. The molecule has 4 nitrogen and oxygen atoms in total. The van der Waals surface area contributed by atoms with Gasteiger partial charge < -0.3 is 14.5 Å². The van der Waals surface area contributed by atoms with Crippen molar-refractivity contribution in [2.45, 2.75) is 26.9 Å². The summed E-state index contributed by atoms with van der Waals surface area (Å²) in [6.45, 7) is 10.3. The van der Waals surface area contributed by atoms with Gasteiger partial charge in [0.1, 0.15) is 5.75 Å². The van der Waals surface area contributed by atoms with Gasteiger partial charge in [-0.15, -0.1) is 0 Å². The number of nitrogens with zero attached hydrogens (tertiary/aromatic N) is 2. The van der Waals surface area contributed by atoms with Gasteiger partial charge >= 0.3 is 0 Å². The Labute approximate surface area is 131 Å². The number of aryl methyl sites for hydroxylation is 1. The molecule has 0 spiro atoms. The molecule has 1 heterocycles. The fraction of sp³-hybridized carbons (Fsp3) is 0.562. The lowest BCUT2D eigenvalue weighted by molar-refractivity contribution is -0.139. The van der Waals surface area contributed by atoms with E-state index in [2.05, 4.69) is 11.8 Å². The number of carbonyl (C=O) groups excluding carboxylic acids is 1. The predicted molar refractivity (Wildman–Crippen MR) is 85.0 cm³/mol. The standard InChI is InChI=1S/C16H23ClN2O2/c1-4-18-7-9-19(10-8-18)16(20)13(3)21-14-5-6-15(17)12(2)11-14/h5-6,11,13H,4,7-10H2,1-3H3/t13-/m0/s1. The summed E-state index contributed by atoms with van der Waals surface area (Å²) in [5.41, 5.74) is 0.949. The van der Waals surface area contributed by atoms with Gasteiger partial charge in [0.25, 0.3) is 5.91 Å². The van der Waals surface area contributed by atoms with E-state index in [1.54, 1.807) is 19.1 Å². The Morgan fingerprint density at radius 2 is 2.00 bits per heavy atom. The highest BCUT2D eigenvalue weighted by molar-refractivity contribution is 6.31. The molecule has 1 fully saturated rings. The van der Waals surface area contributed by atoms with E-state index < -0.39 is 6.10 Å². The number of benzene rings is 1. The van der Waals surface area contributed by atoms with Gasteiger partial charge in [0.15, 0.2) is 6.10 Å². The molecule has 1 atom stereocenters. The number of hydrogen-bond acceptors (Lipinski definition) is 3. The number of rotatable bonds is 4. The summed E-state index contributed by atoms with van der Waals surface area (Å²) in [6.07, 6.45) is -0.473. The Kier molecular flexibility index (Phi) is 5.48. The van der Waals surface area contributed by atoms with Gasteiger partial charge in [-0.2, -0.15) is 0 Å². The van der Waals surface area contributed by atoms with Crippen LogP contribution in [0.1, 0.15) is 19.4 Å². The van der Waals surface area contributed by atoms with E-state index in [0.717, 1.165) is 38.3 Å². The topological polar surface area (TPSA) is 32.8 Å². The number of carbonyl (C=O) groups is 1. The van der Waals surface area contributed by atoms with Crippen LogP contribution in [0.15, 0.2) is 18.2 Å². The Morgan fingerprint density at radius 3 is 2.57 bits per heavy atom. The van der Waals surface area contributed by atoms with Gasteiger partial charge in [0.2, 0.25) is 0 Å². The van der Waals surface area contributed by atoms with Crippen LogP contribution < -0.4 is 4.74 Å².